The highest BCUT2D eigenvalue weighted by Crippen LogP contribution is 2.24. The lowest BCUT2D eigenvalue weighted by Crippen LogP contribution is -2.12. The van der Waals surface area contributed by atoms with Crippen molar-refractivity contribution in [2.75, 3.05) is 5.32 Å². The predicted octanol–water partition coefficient (Wildman–Crippen LogP) is 3.55. The van der Waals surface area contributed by atoms with E-state index < -0.39 is 12.5 Å². The Hall–Kier alpha value is -2.63. The molecule has 2 rings (SSSR count). The first-order chi connectivity index (χ1) is 9.97. The van der Waals surface area contributed by atoms with Gasteiger partial charge in [0.05, 0.1) is 5.56 Å². The lowest BCUT2D eigenvalue weighted by Gasteiger charge is -2.10. The minimum Gasteiger partial charge on any atom is -0.507 e. The Kier molecular flexibility index (Phi) is 4.37. The zero-order valence-corrected chi connectivity index (χ0v) is 11.1. The molecule has 0 atom stereocenters. The molecule has 110 valence electrons. The molecule has 1 amide bonds. The molecule has 0 aromatic heterocycles. The van der Waals surface area contributed by atoms with Crippen molar-refractivity contribution in [3.05, 3.63) is 53.6 Å². The van der Waals surface area contributed by atoms with E-state index in [-0.39, 0.29) is 17.1 Å². The number of aryl methyl sites for hydroxylation is 1. The van der Waals surface area contributed by atoms with Gasteiger partial charge in [0, 0.05) is 11.8 Å². The molecule has 0 saturated carbocycles. The van der Waals surface area contributed by atoms with Crippen molar-refractivity contribution in [3.8, 4) is 11.5 Å². The summed E-state index contributed by atoms with van der Waals surface area (Å²) < 4.78 is 28.5. The fraction of sp³-hybridized carbons (Fsp3) is 0.133. The molecule has 6 heteroatoms. The molecule has 0 heterocycles. The molecular weight excluding hydrogens is 280 g/mol. The minimum absolute atomic E-state index is 0.0590. The van der Waals surface area contributed by atoms with E-state index in [0.29, 0.717) is 11.3 Å². The van der Waals surface area contributed by atoms with Crippen molar-refractivity contribution < 1.29 is 23.4 Å². The number of alkyl halides is 2. The van der Waals surface area contributed by atoms with Gasteiger partial charge in [0.2, 0.25) is 0 Å². The molecule has 0 unspecified atom stereocenters. The maximum atomic E-state index is 12.1. The van der Waals surface area contributed by atoms with Gasteiger partial charge in [0.25, 0.3) is 5.91 Å². The smallest absolute Gasteiger partial charge is 0.387 e. The molecule has 21 heavy (non-hydrogen) atoms. The van der Waals surface area contributed by atoms with Crippen molar-refractivity contribution >= 4 is 11.6 Å². The van der Waals surface area contributed by atoms with Crippen LogP contribution in [0.15, 0.2) is 42.5 Å². The zero-order chi connectivity index (χ0) is 15.4. The number of phenolic OH excluding ortho intramolecular Hbond substituents is 1. The molecule has 2 N–H and O–H groups in total. The molecule has 0 spiro atoms. The van der Waals surface area contributed by atoms with Gasteiger partial charge in [0.15, 0.2) is 0 Å². The molecule has 0 fully saturated rings. The number of hydrogen-bond acceptors (Lipinski definition) is 3. The number of aromatic hydroxyl groups is 1. The van der Waals surface area contributed by atoms with Gasteiger partial charge in [-0.15, -0.1) is 0 Å². The number of ether oxygens (including phenoxy) is 1. The normalized spacial score (nSPS) is 10.5. The number of halogens is 2. The van der Waals surface area contributed by atoms with Crippen LogP contribution < -0.4 is 10.1 Å². The minimum atomic E-state index is -2.93. The molecule has 0 aliphatic carbocycles. The number of phenols is 1. The van der Waals surface area contributed by atoms with E-state index in [2.05, 4.69) is 10.1 Å². The van der Waals surface area contributed by atoms with Crippen LogP contribution >= 0.6 is 0 Å². The molecule has 4 nitrogen and oxygen atoms in total. The van der Waals surface area contributed by atoms with E-state index in [9.17, 15) is 18.7 Å². The first-order valence-electron chi connectivity index (χ1n) is 6.12. The van der Waals surface area contributed by atoms with Crippen LogP contribution in [0.2, 0.25) is 0 Å². The lowest BCUT2D eigenvalue weighted by molar-refractivity contribution is -0.0497. The number of para-hydroxylation sites is 1. The molecule has 0 aliphatic rings. The summed E-state index contributed by atoms with van der Waals surface area (Å²) in [6.07, 6.45) is 0. The van der Waals surface area contributed by atoms with E-state index in [0.717, 1.165) is 0 Å². The average Bonchev–Trinajstić information content (AvgIpc) is 2.41. The van der Waals surface area contributed by atoms with Crippen LogP contribution in [0.1, 0.15) is 15.9 Å². The van der Waals surface area contributed by atoms with Crippen molar-refractivity contribution in [1.82, 2.24) is 0 Å². The van der Waals surface area contributed by atoms with Crippen molar-refractivity contribution in [2.24, 2.45) is 0 Å². The van der Waals surface area contributed by atoms with Crippen LogP contribution in [0.4, 0.5) is 14.5 Å². The highest BCUT2D eigenvalue weighted by molar-refractivity contribution is 6.06. The molecule has 2 aromatic carbocycles. The number of rotatable bonds is 4. The number of carbonyl (C=O) groups is 1. The Morgan fingerprint density at radius 3 is 2.67 bits per heavy atom. The number of anilines is 1. The Bertz CT molecular complexity index is 659. The summed E-state index contributed by atoms with van der Waals surface area (Å²) >= 11 is 0. The van der Waals surface area contributed by atoms with E-state index >= 15 is 0 Å². The molecule has 0 saturated heterocycles. The monoisotopic (exact) mass is 293 g/mol. The van der Waals surface area contributed by atoms with Gasteiger partial charge in [-0.25, -0.2) is 0 Å². The number of amides is 1. The Morgan fingerprint density at radius 2 is 1.95 bits per heavy atom. The Morgan fingerprint density at radius 1 is 1.24 bits per heavy atom. The maximum absolute atomic E-state index is 12.1. The van der Waals surface area contributed by atoms with Crippen molar-refractivity contribution in [2.45, 2.75) is 13.5 Å². The Balaban J connectivity index is 2.18. The van der Waals surface area contributed by atoms with Crippen LogP contribution in [0.25, 0.3) is 0 Å². The van der Waals surface area contributed by atoms with Gasteiger partial charge in [-0.1, -0.05) is 18.2 Å². The standard InChI is InChI=1S/C15H13F2NO3/c1-9-4-2-7-12(13(9)19)14(20)18-10-5-3-6-11(8-10)21-15(16)17/h2-8,15,19H,1H3,(H,18,20). The fourth-order valence-electron chi connectivity index (χ4n) is 1.79. The topological polar surface area (TPSA) is 58.6 Å². The number of hydrogen-bond donors (Lipinski definition) is 2. The van der Waals surface area contributed by atoms with Gasteiger partial charge in [-0.3, -0.25) is 4.79 Å². The quantitative estimate of drug-likeness (QED) is 0.906. The summed E-state index contributed by atoms with van der Waals surface area (Å²) in [6, 6.07) is 10.4. The van der Waals surface area contributed by atoms with Crippen molar-refractivity contribution in [3.63, 3.8) is 0 Å². The second-order valence-corrected chi connectivity index (χ2v) is 4.33. The summed E-state index contributed by atoms with van der Waals surface area (Å²) in [7, 11) is 0. The summed E-state index contributed by atoms with van der Waals surface area (Å²) in [6.45, 7) is -1.26. The van der Waals surface area contributed by atoms with Gasteiger partial charge < -0.3 is 15.2 Å². The third-order valence-electron chi connectivity index (χ3n) is 2.80. The van der Waals surface area contributed by atoms with E-state index in [4.69, 9.17) is 0 Å². The first-order valence-corrected chi connectivity index (χ1v) is 6.12. The second-order valence-electron chi connectivity index (χ2n) is 4.33. The molecule has 0 bridgehead atoms. The Labute approximate surface area is 120 Å². The summed E-state index contributed by atoms with van der Waals surface area (Å²) in [4.78, 5) is 12.1. The molecule has 0 aliphatic heterocycles. The van der Waals surface area contributed by atoms with Crippen molar-refractivity contribution in [1.29, 1.82) is 0 Å². The highest BCUT2D eigenvalue weighted by Gasteiger charge is 2.13. The number of benzene rings is 2. The fourth-order valence-corrected chi connectivity index (χ4v) is 1.79. The van der Waals surface area contributed by atoms with Gasteiger partial charge in [-0.05, 0) is 30.7 Å². The third kappa shape index (κ3) is 3.68. The number of carbonyl (C=O) groups excluding carboxylic acids is 1. The summed E-state index contributed by atoms with van der Waals surface area (Å²) in [5.74, 6) is -0.711. The van der Waals surface area contributed by atoms with Crippen LogP contribution in [0, 0.1) is 6.92 Å². The van der Waals surface area contributed by atoms with Gasteiger partial charge >= 0.3 is 6.61 Å². The first kappa shape index (κ1) is 14.8. The van der Waals surface area contributed by atoms with E-state index in [1.165, 1.54) is 30.3 Å². The summed E-state index contributed by atoms with van der Waals surface area (Å²) in [5.41, 5.74) is 0.965. The average molecular weight is 293 g/mol. The highest BCUT2D eigenvalue weighted by atomic mass is 19.3. The van der Waals surface area contributed by atoms with Crippen LogP contribution in [-0.2, 0) is 0 Å². The number of nitrogens with one attached hydrogen (secondary N) is 1. The second kappa shape index (κ2) is 6.21. The van der Waals surface area contributed by atoms with Crippen LogP contribution in [0.5, 0.6) is 11.5 Å². The van der Waals surface area contributed by atoms with Crippen LogP contribution in [-0.4, -0.2) is 17.6 Å². The largest absolute Gasteiger partial charge is 0.507 e. The van der Waals surface area contributed by atoms with E-state index in [1.54, 1.807) is 19.1 Å². The summed E-state index contributed by atoms with van der Waals surface area (Å²) in [5, 5.41) is 12.4. The lowest BCUT2D eigenvalue weighted by atomic mass is 10.1. The molecular formula is C15H13F2NO3. The zero-order valence-electron chi connectivity index (χ0n) is 11.1. The van der Waals surface area contributed by atoms with E-state index in [1.807, 2.05) is 0 Å². The van der Waals surface area contributed by atoms with Gasteiger partial charge in [0.1, 0.15) is 11.5 Å². The van der Waals surface area contributed by atoms with Crippen LogP contribution in [0.3, 0.4) is 0 Å². The predicted molar refractivity (Wildman–Crippen MR) is 73.9 cm³/mol. The SMILES string of the molecule is Cc1cccc(C(=O)Nc2cccc(OC(F)F)c2)c1O. The molecule has 2 aromatic rings. The molecule has 0 radical (unpaired) electrons. The van der Waals surface area contributed by atoms with Gasteiger partial charge in [-0.2, -0.15) is 8.78 Å². The maximum Gasteiger partial charge on any atom is 0.387 e. The third-order valence-corrected chi connectivity index (χ3v) is 2.80.